The van der Waals surface area contributed by atoms with Crippen LogP contribution in [-0.2, 0) is 14.4 Å². The van der Waals surface area contributed by atoms with Crippen LogP contribution in [0.4, 0.5) is 0 Å². The van der Waals surface area contributed by atoms with E-state index in [0.717, 1.165) is 51.9 Å². The summed E-state index contributed by atoms with van der Waals surface area (Å²) >= 11 is 0. The van der Waals surface area contributed by atoms with Crippen molar-refractivity contribution in [2.75, 3.05) is 32.7 Å². The summed E-state index contributed by atoms with van der Waals surface area (Å²) in [6.45, 7) is 9.03. The van der Waals surface area contributed by atoms with E-state index in [2.05, 4.69) is 10.2 Å². The van der Waals surface area contributed by atoms with Gasteiger partial charge in [-0.2, -0.15) is 0 Å². The molecule has 2 heterocycles. The molecule has 1 atom stereocenters. The van der Waals surface area contributed by atoms with Gasteiger partial charge in [0.05, 0.1) is 12.6 Å². The molecule has 1 unspecified atom stereocenters. The lowest BCUT2D eigenvalue weighted by atomic mass is 9.95. The Morgan fingerprint density at radius 2 is 1.62 bits per heavy atom. The van der Waals surface area contributed by atoms with Gasteiger partial charge < -0.3 is 10.2 Å². The normalized spacial score (nSPS) is 21.1. The highest BCUT2D eigenvalue weighted by molar-refractivity contribution is 5.88. The summed E-state index contributed by atoms with van der Waals surface area (Å²) in [5.74, 6) is 0.396. The lowest BCUT2D eigenvalue weighted by Crippen LogP contribution is -2.49. The number of nitrogens with zero attached hydrogens (tertiary/aromatic N) is 2. The van der Waals surface area contributed by atoms with Crippen molar-refractivity contribution < 1.29 is 14.4 Å². The summed E-state index contributed by atoms with van der Waals surface area (Å²) in [5, 5.41) is 2.84. The Morgan fingerprint density at radius 3 is 2.12 bits per heavy atom. The number of nitrogens with one attached hydrogen (secondary N) is 1. The highest BCUT2D eigenvalue weighted by Crippen LogP contribution is 2.21. The van der Waals surface area contributed by atoms with Gasteiger partial charge in [-0.1, -0.05) is 13.8 Å². The van der Waals surface area contributed by atoms with Crippen molar-refractivity contribution >= 4 is 17.6 Å². The molecule has 24 heavy (non-hydrogen) atoms. The van der Waals surface area contributed by atoms with Gasteiger partial charge in [0, 0.05) is 19.0 Å². The number of amides is 2. The maximum atomic E-state index is 12.4. The number of hydrogen-bond donors (Lipinski definition) is 1. The molecular weight excluding hydrogens is 306 g/mol. The van der Waals surface area contributed by atoms with Crippen molar-refractivity contribution in [2.45, 2.75) is 52.5 Å². The molecule has 2 saturated heterocycles. The van der Waals surface area contributed by atoms with Gasteiger partial charge in [-0.3, -0.25) is 19.3 Å². The van der Waals surface area contributed by atoms with E-state index in [1.807, 2.05) is 18.7 Å². The van der Waals surface area contributed by atoms with Gasteiger partial charge in [0.2, 0.25) is 11.8 Å². The van der Waals surface area contributed by atoms with E-state index in [1.165, 1.54) is 6.92 Å². The van der Waals surface area contributed by atoms with Crippen LogP contribution in [0.15, 0.2) is 0 Å². The monoisotopic (exact) mass is 337 g/mol. The van der Waals surface area contributed by atoms with E-state index < -0.39 is 6.04 Å². The molecule has 0 saturated carbocycles. The van der Waals surface area contributed by atoms with Gasteiger partial charge in [0.15, 0.2) is 5.78 Å². The van der Waals surface area contributed by atoms with Gasteiger partial charge in [-0.25, -0.2) is 0 Å². The fourth-order valence-corrected chi connectivity index (χ4v) is 3.69. The Labute approximate surface area is 144 Å². The number of hydrogen-bond acceptors (Lipinski definition) is 4. The maximum Gasteiger partial charge on any atom is 0.234 e. The predicted octanol–water partition coefficient (Wildman–Crippen LogP) is 1.05. The Hall–Kier alpha value is -1.43. The zero-order chi connectivity index (χ0) is 17.7. The minimum absolute atomic E-state index is 0.00623. The van der Waals surface area contributed by atoms with Crippen molar-refractivity contribution in [3.8, 4) is 0 Å². The van der Waals surface area contributed by atoms with Crippen molar-refractivity contribution in [1.29, 1.82) is 0 Å². The lowest BCUT2D eigenvalue weighted by Gasteiger charge is -2.33. The molecular formula is C18H31N3O3. The highest BCUT2D eigenvalue weighted by atomic mass is 16.2. The average Bonchev–Trinajstić information content (AvgIpc) is 3.06. The van der Waals surface area contributed by atoms with Crippen molar-refractivity contribution in [3.05, 3.63) is 0 Å². The van der Waals surface area contributed by atoms with Crippen LogP contribution in [0.2, 0.25) is 0 Å². The zero-order valence-electron chi connectivity index (χ0n) is 15.2. The number of carbonyl (C=O) groups is 3. The van der Waals surface area contributed by atoms with Crippen LogP contribution in [0, 0.1) is 11.8 Å². The topological polar surface area (TPSA) is 69.7 Å². The molecule has 2 rings (SSSR count). The summed E-state index contributed by atoms with van der Waals surface area (Å²) in [6.07, 6.45) is 3.89. The molecule has 0 radical (unpaired) electrons. The lowest BCUT2D eigenvalue weighted by molar-refractivity contribution is -0.136. The average molecular weight is 337 g/mol. The van der Waals surface area contributed by atoms with E-state index in [0.29, 0.717) is 12.5 Å². The Morgan fingerprint density at radius 1 is 1.04 bits per heavy atom. The number of ketones is 1. The smallest absolute Gasteiger partial charge is 0.234 e. The van der Waals surface area contributed by atoms with E-state index in [-0.39, 0.29) is 23.5 Å². The number of likely N-dealkylation sites (tertiary alicyclic amines) is 2. The first-order valence-corrected chi connectivity index (χ1v) is 9.19. The van der Waals surface area contributed by atoms with E-state index >= 15 is 0 Å². The first-order chi connectivity index (χ1) is 11.4. The molecule has 0 aromatic carbocycles. The van der Waals surface area contributed by atoms with Crippen LogP contribution in [0.5, 0.6) is 0 Å². The zero-order valence-corrected chi connectivity index (χ0v) is 15.2. The summed E-state index contributed by atoms with van der Waals surface area (Å²) in [6, 6.07) is -0.410. The Bertz CT molecular complexity index is 464. The predicted molar refractivity (Wildman–Crippen MR) is 92.4 cm³/mol. The van der Waals surface area contributed by atoms with Gasteiger partial charge in [0.25, 0.3) is 0 Å². The van der Waals surface area contributed by atoms with Gasteiger partial charge in [-0.15, -0.1) is 0 Å². The molecule has 0 bridgehead atoms. The standard InChI is InChI=1S/C18H31N3O3/c1-13(2)17(14(3)22)19-16(23)12-20-10-6-15(7-11-20)18(24)21-8-4-5-9-21/h13,15,17H,4-12H2,1-3H3,(H,19,23). The molecule has 6 nitrogen and oxygen atoms in total. The molecule has 1 N–H and O–H groups in total. The Kier molecular flexibility index (Phi) is 6.78. The maximum absolute atomic E-state index is 12.4. The van der Waals surface area contributed by atoms with Gasteiger partial charge in [0.1, 0.15) is 0 Å². The number of Topliss-reactive ketones (excluding diaryl/α,β-unsaturated/α-hetero) is 1. The minimum Gasteiger partial charge on any atom is -0.345 e. The molecule has 2 aliphatic rings. The largest absolute Gasteiger partial charge is 0.345 e. The van der Waals surface area contributed by atoms with Crippen LogP contribution in [0.25, 0.3) is 0 Å². The molecule has 6 heteroatoms. The van der Waals surface area contributed by atoms with Crippen LogP contribution < -0.4 is 5.32 Å². The van der Waals surface area contributed by atoms with Crippen LogP contribution in [0.3, 0.4) is 0 Å². The van der Waals surface area contributed by atoms with Crippen LogP contribution in [0.1, 0.15) is 46.5 Å². The first-order valence-electron chi connectivity index (χ1n) is 9.19. The molecule has 0 aromatic rings. The van der Waals surface area contributed by atoms with E-state index in [9.17, 15) is 14.4 Å². The molecule has 0 aromatic heterocycles. The van der Waals surface area contributed by atoms with Gasteiger partial charge >= 0.3 is 0 Å². The molecule has 2 aliphatic heterocycles. The summed E-state index contributed by atoms with van der Waals surface area (Å²) in [7, 11) is 0. The number of rotatable bonds is 6. The van der Waals surface area contributed by atoms with E-state index in [4.69, 9.17) is 0 Å². The highest BCUT2D eigenvalue weighted by Gasteiger charge is 2.30. The fraction of sp³-hybridized carbons (Fsp3) is 0.833. The number of carbonyl (C=O) groups excluding carboxylic acids is 3. The second kappa shape index (κ2) is 8.60. The van der Waals surface area contributed by atoms with Crippen molar-refractivity contribution in [3.63, 3.8) is 0 Å². The second-order valence-electron chi connectivity index (χ2n) is 7.48. The fourth-order valence-electron chi connectivity index (χ4n) is 3.69. The van der Waals surface area contributed by atoms with Crippen molar-refractivity contribution in [2.24, 2.45) is 11.8 Å². The SMILES string of the molecule is CC(=O)C(NC(=O)CN1CCC(C(=O)N2CCCC2)CC1)C(C)C. The molecule has 2 amide bonds. The van der Waals surface area contributed by atoms with Crippen LogP contribution >= 0.6 is 0 Å². The third kappa shape index (κ3) is 5.03. The van der Waals surface area contributed by atoms with Crippen LogP contribution in [-0.4, -0.2) is 66.2 Å². The minimum atomic E-state index is -0.410. The summed E-state index contributed by atoms with van der Waals surface area (Å²) in [5.41, 5.74) is 0. The molecule has 0 spiro atoms. The molecule has 136 valence electrons. The number of piperidine rings is 1. The molecule has 0 aliphatic carbocycles. The van der Waals surface area contributed by atoms with Gasteiger partial charge in [-0.05, 0) is 51.6 Å². The Balaban J connectivity index is 1.75. The molecule has 2 fully saturated rings. The quantitative estimate of drug-likeness (QED) is 0.786. The van der Waals surface area contributed by atoms with Crippen molar-refractivity contribution in [1.82, 2.24) is 15.1 Å². The first kappa shape index (κ1) is 18.9. The second-order valence-corrected chi connectivity index (χ2v) is 7.48. The summed E-state index contributed by atoms with van der Waals surface area (Å²) < 4.78 is 0. The third-order valence-corrected chi connectivity index (χ3v) is 5.14. The summed E-state index contributed by atoms with van der Waals surface area (Å²) in [4.78, 5) is 40.3. The third-order valence-electron chi connectivity index (χ3n) is 5.14. The van der Waals surface area contributed by atoms with E-state index in [1.54, 1.807) is 0 Å².